The van der Waals surface area contributed by atoms with E-state index in [0.29, 0.717) is 17.4 Å². The van der Waals surface area contributed by atoms with Crippen molar-refractivity contribution in [2.24, 2.45) is 22.7 Å². The summed E-state index contributed by atoms with van der Waals surface area (Å²) in [5, 5.41) is 3.38. The van der Waals surface area contributed by atoms with Crippen molar-refractivity contribution in [3.63, 3.8) is 0 Å². The van der Waals surface area contributed by atoms with E-state index in [-0.39, 0.29) is 41.1 Å². The molecule has 2 aliphatic carbocycles. The number of halogens is 1. The van der Waals surface area contributed by atoms with Crippen LogP contribution in [0.3, 0.4) is 0 Å². The lowest BCUT2D eigenvalue weighted by atomic mass is 9.59. The van der Waals surface area contributed by atoms with Gasteiger partial charge in [0.25, 0.3) is 0 Å². The molecule has 5 rings (SSSR count). The SMILES string of the molecule is CC1(C)[C@@H]2C[C@@H]3[C@@H](c4ccccc4)OCC[C@]3(C2)[C@H]1NC(=O)Cc1ccccc1F. The fourth-order valence-corrected chi connectivity index (χ4v) is 6.79. The van der Waals surface area contributed by atoms with E-state index in [1.165, 1.54) is 11.6 Å². The Morgan fingerprint density at radius 1 is 1.13 bits per heavy atom. The third-order valence-corrected chi connectivity index (χ3v) is 8.25. The summed E-state index contributed by atoms with van der Waals surface area (Å²) in [6.07, 6.45) is 3.44. The number of hydrogen-bond acceptors (Lipinski definition) is 2. The summed E-state index contributed by atoms with van der Waals surface area (Å²) in [5.74, 6) is 0.576. The number of carbonyl (C=O) groups is 1. The van der Waals surface area contributed by atoms with Crippen molar-refractivity contribution >= 4 is 5.91 Å². The molecule has 1 spiro atoms. The Balaban J connectivity index is 1.42. The van der Waals surface area contributed by atoms with Crippen molar-refractivity contribution < 1.29 is 13.9 Å². The first-order chi connectivity index (χ1) is 14.4. The Bertz CT molecular complexity index is 943. The van der Waals surface area contributed by atoms with Crippen LogP contribution in [0.25, 0.3) is 0 Å². The number of benzene rings is 2. The number of ether oxygens (including phenoxy) is 1. The Morgan fingerprint density at radius 2 is 1.87 bits per heavy atom. The molecule has 0 aromatic heterocycles. The molecule has 2 aromatic carbocycles. The van der Waals surface area contributed by atoms with Crippen LogP contribution in [0.2, 0.25) is 0 Å². The molecule has 1 amide bonds. The monoisotopic (exact) mass is 407 g/mol. The van der Waals surface area contributed by atoms with Crippen LogP contribution < -0.4 is 5.32 Å². The molecule has 3 fully saturated rings. The van der Waals surface area contributed by atoms with E-state index in [0.717, 1.165) is 25.9 Å². The van der Waals surface area contributed by atoms with Crippen molar-refractivity contribution in [3.8, 4) is 0 Å². The van der Waals surface area contributed by atoms with Gasteiger partial charge in [-0.15, -0.1) is 0 Å². The predicted molar refractivity (Wildman–Crippen MR) is 114 cm³/mol. The van der Waals surface area contributed by atoms with Gasteiger partial charge in [0.15, 0.2) is 0 Å². The van der Waals surface area contributed by atoms with Gasteiger partial charge in [0, 0.05) is 12.6 Å². The molecule has 0 radical (unpaired) electrons. The van der Waals surface area contributed by atoms with E-state index in [1.807, 2.05) is 6.07 Å². The highest BCUT2D eigenvalue weighted by Gasteiger charge is 2.68. The average Bonchev–Trinajstić information content (AvgIpc) is 3.23. The van der Waals surface area contributed by atoms with Gasteiger partial charge in [0.05, 0.1) is 12.5 Å². The molecule has 158 valence electrons. The maximum Gasteiger partial charge on any atom is 0.224 e. The van der Waals surface area contributed by atoms with E-state index < -0.39 is 0 Å². The van der Waals surface area contributed by atoms with Gasteiger partial charge in [0.2, 0.25) is 5.91 Å². The second-order valence-electron chi connectivity index (χ2n) is 10.0. The van der Waals surface area contributed by atoms with Crippen LogP contribution in [0.1, 0.15) is 50.3 Å². The zero-order valence-corrected chi connectivity index (χ0v) is 17.7. The molecule has 3 nitrogen and oxygen atoms in total. The molecule has 1 aliphatic heterocycles. The van der Waals surface area contributed by atoms with E-state index in [4.69, 9.17) is 4.74 Å². The van der Waals surface area contributed by atoms with E-state index >= 15 is 0 Å². The van der Waals surface area contributed by atoms with Gasteiger partial charge in [-0.05, 0) is 59.1 Å². The molecule has 3 aliphatic rings. The number of carbonyl (C=O) groups excluding carboxylic acids is 1. The number of fused-ring (bicyclic) bond motifs is 1. The van der Waals surface area contributed by atoms with Gasteiger partial charge in [-0.25, -0.2) is 4.39 Å². The highest BCUT2D eigenvalue weighted by molar-refractivity contribution is 5.79. The van der Waals surface area contributed by atoms with Crippen molar-refractivity contribution in [2.75, 3.05) is 6.61 Å². The average molecular weight is 408 g/mol. The summed E-state index contributed by atoms with van der Waals surface area (Å²) in [7, 11) is 0. The normalized spacial score (nSPS) is 33.8. The summed E-state index contributed by atoms with van der Waals surface area (Å²) in [4.78, 5) is 13.0. The molecule has 1 N–H and O–H groups in total. The maximum atomic E-state index is 14.1. The summed E-state index contributed by atoms with van der Waals surface area (Å²) >= 11 is 0. The molecule has 2 aromatic rings. The Morgan fingerprint density at radius 3 is 2.63 bits per heavy atom. The van der Waals surface area contributed by atoms with E-state index in [2.05, 4.69) is 43.4 Å². The highest BCUT2D eigenvalue weighted by atomic mass is 19.1. The fourth-order valence-electron chi connectivity index (χ4n) is 6.79. The van der Waals surface area contributed by atoms with Crippen molar-refractivity contribution in [3.05, 3.63) is 71.5 Å². The largest absolute Gasteiger partial charge is 0.373 e. The van der Waals surface area contributed by atoms with Crippen molar-refractivity contribution in [1.29, 1.82) is 0 Å². The van der Waals surface area contributed by atoms with Crippen LogP contribution >= 0.6 is 0 Å². The summed E-state index contributed by atoms with van der Waals surface area (Å²) in [5.41, 5.74) is 1.78. The molecule has 2 saturated carbocycles. The van der Waals surface area contributed by atoms with Crippen molar-refractivity contribution in [1.82, 2.24) is 5.32 Å². The molecule has 0 unspecified atom stereocenters. The Kier molecular flexibility index (Phi) is 4.73. The second-order valence-corrected chi connectivity index (χ2v) is 10.0. The smallest absolute Gasteiger partial charge is 0.224 e. The van der Waals surface area contributed by atoms with Gasteiger partial charge >= 0.3 is 0 Å². The summed E-state index contributed by atoms with van der Waals surface area (Å²) in [6, 6.07) is 17.1. The van der Waals surface area contributed by atoms with E-state index in [1.54, 1.807) is 18.2 Å². The van der Waals surface area contributed by atoms with Crippen LogP contribution in [0.15, 0.2) is 54.6 Å². The number of amides is 1. The number of nitrogens with one attached hydrogen (secondary N) is 1. The molecule has 1 heterocycles. The zero-order chi connectivity index (χ0) is 20.9. The zero-order valence-electron chi connectivity index (χ0n) is 17.7. The Labute approximate surface area is 178 Å². The van der Waals surface area contributed by atoms with Gasteiger partial charge < -0.3 is 10.1 Å². The van der Waals surface area contributed by atoms with Crippen LogP contribution in [-0.4, -0.2) is 18.6 Å². The minimum absolute atomic E-state index is 0.0277. The molecule has 1 saturated heterocycles. The lowest BCUT2D eigenvalue weighted by Gasteiger charge is -2.53. The lowest BCUT2D eigenvalue weighted by Crippen LogP contribution is -2.59. The van der Waals surface area contributed by atoms with Crippen LogP contribution in [-0.2, 0) is 16.0 Å². The number of hydrogen-bond donors (Lipinski definition) is 1. The van der Waals surface area contributed by atoms with Crippen LogP contribution in [0, 0.1) is 28.5 Å². The second kappa shape index (κ2) is 7.19. The highest BCUT2D eigenvalue weighted by Crippen LogP contribution is 2.70. The molecular weight excluding hydrogens is 377 g/mol. The number of rotatable bonds is 4. The van der Waals surface area contributed by atoms with Gasteiger partial charge in [-0.2, -0.15) is 0 Å². The molecule has 2 bridgehead atoms. The minimum Gasteiger partial charge on any atom is -0.373 e. The molecule has 5 atom stereocenters. The van der Waals surface area contributed by atoms with Crippen LogP contribution in [0.4, 0.5) is 4.39 Å². The fraction of sp³-hybridized carbons (Fsp3) is 0.500. The van der Waals surface area contributed by atoms with Gasteiger partial charge in [-0.3, -0.25) is 4.79 Å². The lowest BCUT2D eigenvalue weighted by molar-refractivity contribution is -0.136. The van der Waals surface area contributed by atoms with Crippen molar-refractivity contribution in [2.45, 2.75) is 51.7 Å². The Hall–Kier alpha value is -2.20. The quantitative estimate of drug-likeness (QED) is 0.769. The maximum absolute atomic E-state index is 14.1. The standard InChI is InChI=1S/C26H30FNO2/c1-25(2)19-15-20-23(17-8-4-3-5-9-17)30-13-12-26(20,16-19)24(25)28-22(29)14-18-10-6-7-11-21(18)27/h3-11,19-20,23-24H,12-16H2,1-2H3,(H,28,29)/t19-,20-,23-,24+,26-/m1/s1. The predicted octanol–water partition coefficient (Wildman–Crippen LogP) is 5.07. The third kappa shape index (κ3) is 2.99. The molecular formula is C26H30FNO2. The third-order valence-electron chi connectivity index (χ3n) is 8.25. The topological polar surface area (TPSA) is 38.3 Å². The molecule has 4 heteroatoms. The summed E-state index contributed by atoms with van der Waals surface area (Å²) < 4.78 is 20.4. The molecule has 30 heavy (non-hydrogen) atoms. The first kappa shape index (κ1) is 19.7. The van der Waals surface area contributed by atoms with E-state index in [9.17, 15) is 9.18 Å². The minimum atomic E-state index is -0.314. The van der Waals surface area contributed by atoms with Gasteiger partial charge in [-0.1, -0.05) is 62.4 Å². The first-order valence-corrected chi connectivity index (χ1v) is 11.1. The van der Waals surface area contributed by atoms with Gasteiger partial charge in [0.1, 0.15) is 5.82 Å². The first-order valence-electron chi connectivity index (χ1n) is 11.1. The van der Waals surface area contributed by atoms with Crippen LogP contribution in [0.5, 0.6) is 0 Å². The summed E-state index contributed by atoms with van der Waals surface area (Å²) in [6.45, 7) is 5.31.